The first kappa shape index (κ1) is 20.4. The van der Waals surface area contributed by atoms with Crippen molar-refractivity contribution < 1.29 is 4.79 Å². The fraction of sp³-hybridized carbons (Fsp3) is 0.208. The number of anilines is 4. The number of nitrogens with zero attached hydrogens (tertiary/aromatic N) is 3. The van der Waals surface area contributed by atoms with E-state index in [0.717, 1.165) is 33.5 Å². The number of aromatic amines is 1. The lowest BCUT2D eigenvalue weighted by Gasteiger charge is -2.11. The molecule has 31 heavy (non-hydrogen) atoms. The van der Waals surface area contributed by atoms with Gasteiger partial charge in [-0.2, -0.15) is 4.98 Å². The first-order chi connectivity index (χ1) is 15.0. The highest BCUT2D eigenvalue weighted by Crippen LogP contribution is 2.23. The van der Waals surface area contributed by atoms with Gasteiger partial charge in [0.2, 0.25) is 11.9 Å². The zero-order valence-corrected chi connectivity index (χ0v) is 17.9. The van der Waals surface area contributed by atoms with Crippen molar-refractivity contribution in [2.45, 2.75) is 19.8 Å². The topological polar surface area (TPSA) is 85.9 Å². The molecule has 1 amide bonds. The fourth-order valence-electron chi connectivity index (χ4n) is 3.40. The molecule has 0 saturated heterocycles. The number of rotatable bonds is 7. The molecule has 0 aliphatic carbocycles. The number of amides is 1. The standard InChI is InChI=1S/C24H26N6O/c1-16-13-18-15-20(8-9-21(18)26-16)27-22-11-12-25-24(29-22)28-19-6-4-5-17(14-19)7-10-23(31)30(2)3/h4-6,8-9,11-15,26H,7,10H2,1-3H3,(H2,25,27,28,29). The minimum atomic E-state index is 0.119. The number of hydrogen-bond acceptors (Lipinski definition) is 5. The van der Waals surface area contributed by atoms with Crippen LogP contribution in [-0.4, -0.2) is 39.9 Å². The van der Waals surface area contributed by atoms with E-state index < -0.39 is 0 Å². The largest absolute Gasteiger partial charge is 0.359 e. The van der Waals surface area contributed by atoms with Crippen LogP contribution in [0.1, 0.15) is 17.7 Å². The Morgan fingerprint density at radius 1 is 1.03 bits per heavy atom. The second-order valence-electron chi connectivity index (χ2n) is 7.76. The van der Waals surface area contributed by atoms with Gasteiger partial charge in [0.05, 0.1) is 0 Å². The SMILES string of the molecule is Cc1cc2cc(Nc3ccnc(Nc4cccc(CCC(=O)N(C)C)c4)n3)ccc2[nH]1. The molecule has 0 atom stereocenters. The van der Waals surface area contributed by atoms with E-state index in [9.17, 15) is 4.79 Å². The molecule has 0 spiro atoms. The van der Waals surface area contributed by atoms with Gasteiger partial charge in [-0.05, 0) is 61.4 Å². The molecule has 0 radical (unpaired) electrons. The van der Waals surface area contributed by atoms with Crippen LogP contribution in [0.5, 0.6) is 0 Å². The van der Waals surface area contributed by atoms with Crippen molar-refractivity contribution in [3.05, 3.63) is 72.1 Å². The van der Waals surface area contributed by atoms with E-state index >= 15 is 0 Å². The molecule has 0 aliphatic rings. The van der Waals surface area contributed by atoms with Crippen LogP contribution in [0.2, 0.25) is 0 Å². The number of H-pyrrole nitrogens is 1. The summed E-state index contributed by atoms with van der Waals surface area (Å²) in [5, 5.41) is 7.74. The van der Waals surface area contributed by atoms with Crippen molar-refractivity contribution in [1.29, 1.82) is 0 Å². The summed E-state index contributed by atoms with van der Waals surface area (Å²) < 4.78 is 0. The third-order valence-electron chi connectivity index (χ3n) is 4.99. The van der Waals surface area contributed by atoms with Crippen LogP contribution in [0.15, 0.2) is 60.8 Å². The second kappa shape index (κ2) is 8.87. The lowest BCUT2D eigenvalue weighted by Crippen LogP contribution is -2.21. The smallest absolute Gasteiger partial charge is 0.229 e. The summed E-state index contributed by atoms with van der Waals surface area (Å²) in [6, 6.07) is 18.1. The Kier molecular flexibility index (Phi) is 5.84. The summed E-state index contributed by atoms with van der Waals surface area (Å²) in [6.45, 7) is 2.05. The Hall–Kier alpha value is -3.87. The van der Waals surface area contributed by atoms with Gasteiger partial charge >= 0.3 is 0 Å². The molecule has 7 nitrogen and oxygen atoms in total. The molecule has 3 N–H and O–H groups in total. The summed E-state index contributed by atoms with van der Waals surface area (Å²) in [5.41, 5.74) is 5.18. The van der Waals surface area contributed by atoms with Crippen LogP contribution < -0.4 is 10.6 Å². The average molecular weight is 415 g/mol. The Morgan fingerprint density at radius 3 is 2.71 bits per heavy atom. The molecular weight excluding hydrogens is 388 g/mol. The van der Waals surface area contributed by atoms with Crippen molar-refractivity contribution in [3.63, 3.8) is 0 Å². The predicted molar refractivity (Wildman–Crippen MR) is 125 cm³/mol. The Balaban J connectivity index is 1.44. The van der Waals surface area contributed by atoms with E-state index in [1.807, 2.05) is 43.3 Å². The highest BCUT2D eigenvalue weighted by atomic mass is 16.2. The second-order valence-corrected chi connectivity index (χ2v) is 7.76. The monoisotopic (exact) mass is 414 g/mol. The van der Waals surface area contributed by atoms with Gasteiger partial charge in [0, 0.05) is 54.7 Å². The van der Waals surface area contributed by atoms with Gasteiger partial charge in [0.1, 0.15) is 5.82 Å². The molecule has 0 aliphatic heterocycles. The van der Waals surface area contributed by atoms with Gasteiger partial charge in [-0.15, -0.1) is 0 Å². The zero-order valence-electron chi connectivity index (χ0n) is 17.9. The molecular formula is C24H26N6O. The predicted octanol–water partition coefficient (Wildman–Crippen LogP) is 4.77. The molecule has 2 heterocycles. The van der Waals surface area contributed by atoms with E-state index in [1.165, 1.54) is 0 Å². The molecule has 2 aromatic heterocycles. The van der Waals surface area contributed by atoms with E-state index in [2.05, 4.69) is 43.8 Å². The Bertz CT molecular complexity index is 1210. The van der Waals surface area contributed by atoms with Crippen LogP contribution >= 0.6 is 0 Å². The number of aryl methyl sites for hydroxylation is 2. The minimum absolute atomic E-state index is 0.119. The quantitative estimate of drug-likeness (QED) is 0.405. The first-order valence-electron chi connectivity index (χ1n) is 10.2. The lowest BCUT2D eigenvalue weighted by molar-refractivity contribution is -0.128. The van der Waals surface area contributed by atoms with E-state index in [-0.39, 0.29) is 5.91 Å². The third-order valence-corrected chi connectivity index (χ3v) is 4.99. The van der Waals surface area contributed by atoms with Crippen molar-refractivity contribution in [1.82, 2.24) is 19.9 Å². The number of carbonyl (C=O) groups excluding carboxylic acids is 1. The van der Waals surface area contributed by atoms with E-state index in [4.69, 9.17) is 0 Å². The summed E-state index contributed by atoms with van der Waals surface area (Å²) >= 11 is 0. The Morgan fingerprint density at radius 2 is 1.87 bits per heavy atom. The number of benzene rings is 2. The van der Waals surface area contributed by atoms with Crippen LogP contribution in [-0.2, 0) is 11.2 Å². The highest BCUT2D eigenvalue weighted by Gasteiger charge is 2.06. The van der Waals surface area contributed by atoms with Crippen LogP contribution in [0.3, 0.4) is 0 Å². The Labute approximate surface area is 181 Å². The van der Waals surface area contributed by atoms with Crippen molar-refractivity contribution in [3.8, 4) is 0 Å². The molecule has 0 bridgehead atoms. The number of fused-ring (bicyclic) bond motifs is 1. The summed E-state index contributed by atoms with van der Waals surface area (Å²) in [5.74, 6) is 1.33. The normalized spacial score (nSPS) is 10.8. The molecule has 4 aromatic rings. The average Bonchev–Trinajstić information content (AvgIpc) is 3.12. The van der Waals surface area contributed by atoms with Crippen molar-refractivity contribution >= 4 is 40.0 Å². The van der Waals surface area contributed by atoms with Gasteiger partial charge in [-0.25, -0.2) is 4.98 Å². The molecule has 7 heteroatoms. The lowest BCUT2D eigenvalue weighted by atomic mass is 10.1. The van der Waals surface area contributed by atoms with Gasteiger partial charge in [0.25, 0.3) is 0 Å². The van der Waals surface area contributed by atoms with Gasteiger partial charge in [0.15, 0.2) is 0 Å². The molecule has 158 valence electrons. The van der Waals surface area contributed by atoms with Crippen molar-refractivity contribution in [2.75, 3.05) is 24.7 Å². The molecule has 0 fully saturated rings. The van der Waals surface area contributed by atoms with Crippen LogP contribution in [0.25, 0.3) is 10.9 Å². The third kappa shape index (κ3) is 5.19. The van der Waals surface area contributed by atoms with Gasteiger partial charge < -0.3 is 20.5 Å². The fourth-order valence-corrected chi connectivity index (χ4v) is 3.40. The van der Waals surface area contributed by atoms with E-state index in [0.29, 0.717) is 24.6 Å². The first-order valence-corrected chi connectivity index (χ1v) is 10.2. The van der Waals surface area contributed by atoms with Crippen molar-refractivity contribution in [2.24, 2.45) is 0 Å². The van der Waals surface area contributed by atoms with Gasteiger partial charge in [-0.3, -0.25) is 4.79 Å². The summed E-state index contributed by atoms with van der Waals surface area (Å²) in [6.07, 6.45) is 2.89. The van der Waals surface area contributed by atoms with E-state index in [1.54, 1.807) is 25.2 Å². The minimum Gasteiger partial charge on any atom is -0.359 e. The summed E-state index contributed by atoms with van der Waals surface area (Å²) in [7, 11) is 3.55. The number of nitrogens with one attached hydrogen (secondary N) is 3. The van der Waals surface area contributed by atoms with Gasteiger partial charge in [-0.1, -0.05) is 12.1 Å². The number of carbonyl (C=O) groups is 1. The van der Waals surface area contributed by atoms with Crippen LogP contribution in [0, 0.1) is 6.92 Å². The molecule has 2 aromatic carbocycles. The van der Waals surface area contributed by atoms with Crippen LogP contribution in [0.4, 0.5) is 23.1 Å². The number of hydrogen-bond donors (Lipinski definition) is 3. The zero-order chi connectivity index (χ0) is 21.8. The number of aromatic nitrogens is 3. The highest BCUT2D eigenvalue weighted by molar-refractivity contribution is 5.84. The molecule has 0 saturated carbocycles. The maximum Gasteiger partial charge on any atom is 0.229 e. The molecule has 4 rings (SSSR count). The maximum atomic E-state index is 11.8. The maximum absolute atomic E-state index is 11.8. The summed E-state index contributed by atoms with van der Waals surface area (Å²) in [4.78, 5) is 25.7. The molecule has 0 unspecified atom stereocenters.